The van der Waals surface area contributed by atoms with Crippen molar-refractivity contribution < 1.29 is 0 Å². The average Bonchev–Trinajstić information content (AvgIpc) is 2.98. The van der Waals surface area contributed by atoms with Crippen LogP contribution in [0.5, 0.6) is 0 Å². The largest absolute Gasteiger partial charge is 0.328 e. The zero-order valence-corrected chi connectivity index (χ0v) is 13.1. The van der Waals surface area contributed by atoms with E-state index in [-0.39, 0.29) is 6.04 Å². The molecule has 3 aromatic rings. The van der Waals surface area contributed by atoms with Crippen LogP contribution in [0.4, 0.5) is 0 Å². The van der Waals surface area contributed by atoms with Crippen molar-refractivity contribution in [2.24, 2.45) is 5.73 Å². The number of nitrogens with two attached hydrogens (primary N) is 1. The molecule has 106 valence electrons. The van der Waals surface area contributed by atoms with Gasteiger partial charge in [-0.05, 0) is 23.3 Å². The predicted molar refractivity (Wildman–Crippen MR) is 87.9 cm³/mol. The number of benzene rings is 2. The van der Waals surface area contributed by atoms with Gasteiger partial charge in [0.1, 0.15) is 0 Å². The number of halogens is 1. The summed E-state index contributed by atoms with van der Waals surface area (Å²) >= 11 is 3.45. The molecule has 4 heteroatoms. The van der Waals surface area contributed by atoms with Crippen molar-refractivity contribution in [3.8, 4) is 0 Å². The highest BCUT2D eigenvalue weighted by atomic mass is 79.9. The summed E-state index contributed by atoms with van der Waals surface area (Å²) in [6.07, 6.45) is 3.68. The number of hydrogen-bond donors (Lipinski definition) is 1. The number of rotatable bonds is 4. The zero-order valence-electron chi connectivity index (χ0n) is 11.5. The van der Waals surface area contributed by atoms with Gasteiger partial charge >= 0.3 is 0 Å². The molecule has 1 aromatic heterocycles. The van der Waals surface area contributed by atoms with Crippen LogP contribution in [0.25, 0.3) is 0 Å². The maximum absolute atomic E-state index is 6.37. The Morgan fingerprint density at radius 2 is 1.76 bits per heavy atom. The first-order valence-corrected chi connectivity index (χ1v) is 7.58. The van der Waals surface area contributed by atoms with E-state index in [1.165, 1.54) is 5.56 Å². The van der Waals surface area contributed by atoms with Crippen molar-refractivity contribution in [1.29, 1.82) is 0 Å². The molecule has 21 heavy (non-hydrogen) atoms. The minimum absolute atomic E-state index is 0.163. The summed E-state index contributed by atoms with van der Waals surface area (Å²) in [5.41, 5.74) is 9.70. The molecule has 1 atom stereocenters. The van der Waals surface area contributed by atoms with Crippen LogP contribution in [-0.4, -0.2) is 9.55 Å². The Kier molecular flexibility index (Phi) is 4.18. The molecule has 2 N–H and O–H groups in total. The van der Waals surface area contributed by atoms with E-state index in [1.807, 2.05) is 55.0 Å². The molecule has 0 aliphatic heterocycles. The maximum Gasteiger partial charge on any atom is 0.0951 e. The van der Waals surface area contributed by atoms with E-state index in [1.54, 1.807) is 0 Å². The van der Waals surface area contributed by atoms with Crippen LogP contribution in [0, 0.1) is 0 Å². The standard InChI is InChI=1S/C17H16BrN3/c18-15-8-6-13(7-9-15)11-21-12-20-10-16(21)17(19)14-4-2-1-3-5-14/h1-10,12,17H,11,19H2. The molecule has 2 aromatic carbocycles. The smallest absolute Gasteiger partial charge is 0.0951 e. The first kappa shape index (κ1) is 14.0. The van der Waals surface area contributed by atoms with Crippen molar-refractivity contribution in [3.63, 3.8) is 0 Å². The fourth-order valence-corrected chi connectivity index (χ4v) is 2.60. The van der Waals surface area contributed by atoms with Crippen LogP contribution >= 0.6 is 15.9 Å². The Hall–Kier alpha value is -1.91. The van der Waals surface area contributed by atoms with Crippen LogP contribution in [0.2, 0.25) is 0 Å². The molecule has 1 heterocycles. The summed E-state index contributed by atoms with van der Waals surface area (Å²) in [5.74, 6) is 0. The van der Waals surface area contributed by atoms with E-state index in [2.05, 4.69) is 37.6 Å². The van der Waals surface area contributed by atoms with Crippen molar-refractivity contribution in [2.45, 2.75) is 12.6 Å². The summed E-state index contributed by atoms with van der Waals surface area (Å²) in [6.45, 7) is 0.767. The Balaban J connectivity index is 1.85. The molecule has 0 spiro atoms. The second kappa shape index (κ2) is 6.24. The molecule has 0 bridgehead atoms. The second-order valence-electron chi connectivity index (χ2n) is 4.96. The van der Waals surface area contributed by atoms with Gasteiger partial charge in [-0.25, -0.2) is 4.98 Å². The van der Waals surface area contributed by atoms with Crippen molar-refractivity contribution in [2.75, 3.05) is 0 Å². The first-order valence-electron chi connectivity index (χ1n) is 6.79. The lowest BCUT2D eigenvalue weighted by Gasteiger charge is -2.15. The minimum atomic E-state index is -0.163. The molecular weight excluding hydrogens is 326 g/mol. The summed E-state index contributed by atoms with van der Waals surface area (Å²) < 4.78 is 3.18. The Labute approximate surface area is 132 Å². The Morgan fingerprint density at radius 1 is 1.05 bits per heavy atom. The third kappa shape index (κ3) is 3.23. The summed E-state index contributed by atoms with van der Waals surface area (Å²) in [6, 6.07) is 18.2. The van der Waals surface area contributed by atoms with Gasteiger partial charge in [-0.3, -0.25) is 0 Å². The van der Waals surface area contributed by atoms with Crippen molar-refractivity contribution in [3.05, 3.63) is 88.4 Å². The summed E-state index contributed by atoms with van der Waals surface area (Å²) in [5, 5.41) is 0. The van der Waals surface area contributed by atoms with Crippen LogP contribution in [0.1, 0.15) is 22.9 Å². The molecule has 0 amide bonds. The third-order valence-corrected chi connectivity index (χ3v) is 4.02. The van der Waals surface area contributed by atoms with Crippen molar-refractivity contribution >= 4 is 15.9 Å². The Morgan fingerprint density at radius 3 is 2.48 bits per heavy atom. The predicted octanol–water partition coefficient (Wildman–Crippen LogP) is 3.74. The molecule has 0 saturated heterocycles. The highest BCUT2D eigenvalue weighted by Crippen LogP contribution is 2.20. The van der Waals surface area contributed by atoms with E-state index < -0.39 is 0 Å². The van der Waals surface area contributed by atoms with Crippen molar-refractivity contribution in [1.82, 2.24) is 9.55 Å². The zero-order chi connectivity index (χ0) is 14.7. The van der Waals surface area contributed by atoms with Gasteiger partial charge in [0, 0.05) is 11.0 Å². The monoisotopic (exact) mass is 341 g/mol. The fourth-order valence-electron chi connectivity index (χ4n) is 2.34. The highest BCUT2D eigenvalue weighted by molar-refractivity contribution is 9.10. The van der Waals surface area contributed by atoms with Gasteiger partial charge in [0.2, 0.25) is 0 Å². The topological polar surface area (TPSA) is 43.8 Å². The minimum Gasteiger partial charge on any atom is -0.328 e. The quantitative estimate of drug-likeness (QED) is 0.785. The van der Waals surface area contributed by atoms with Gasteiger partial charge in [-0.1, -0.05) is 58.4 Å². The molecule has 3 rings (SSSR count). The second-order valence-corrected chi connectivity index (χ2v) is 5.88. The van der Waals surface area contributed by atoms with E-state index in [0.717, 1.165) is 22.3 Å². The van der Waals surface area contributed by atoms with E-state index in [0.29, 0.717) is 0 Å². The molecular formula is C17H16BrN3. The maximum atomic E-state index is 6.37. The van der Waals surface area contributed by atoms with Gasteiger partial charge < -0.3 is 10.3 Å². The number of aromatic nitrogens is 2. The summed E-state index contributed by atoms with van der Waals surface area (Å²) in [7, 11) is 0. The SMILES string of the molecule is NC(c1ccccc1)c1cncn1Cc1ccc(Br)cc1. The number of nitrogens with zero attached hydrogens (tertiary/aromatic N) is 2. The third-order valence-electron chi connectivity index (χ3n) is 3.49. The van der Waals surface area contributed by atoms with Gasteiger partial charge in [-0.2, -0.15) is 0 Å². The molecule has 0 saturated carbocycles. The van der Waals surface area contributed by atoms with Gasteiger partial charge in [0.25, 0.3) is 0 Å². The fraction of sp³-hybridized carbons (Fsp3) is 0.118. The first-order chi connectivity index (χ1) is 10.2. The lowest BCUT2D eigenvalue weighted by atomic mass is 10.1. The van der Waals surface area contributed by atoms with Gasteiger partial charge in [-0.15, -0.1) is 0 Å². The summed E-state index contributed by atoms with van der Waals surface area (Å²) in [4.78, 5) is 4.26. The van der Waals surface area contributed by atoms with Crippen LogP contribution in [0.3, 0.4) is 0 Å². The highest BCUT2D eigenvalue weighted by Gasteiger charge is 2.13. The lowest BCUT2D eigenvalue weighted by Crippen LogP contribution is -2.16. The van der Waals surface area contributed by atoms with Crippen LogP contribution < -0.4 is 5.73 Å². The van der Waals surface area contributed by atoms with Gasteiger partial charge in [0.05, 0.1) is 24.3 Å². The molecule has 0 fully saturated rings. The van der Waals surface area contributed by atoms with Gasteiger partial charge in [0.15, 0.2) is 0 Å². The van der Waals surface area contributed by atoms with E-state index in [9.17, 15) is 0 Å². The normalized spacial score (nSPS) is 12.3. The lowest BCUT2D eigenvalue weighted by molar-refractivity contribution is 0.696. The van der Waals surface area contributed by atoms with E-state index in [4.69, 9.17) is 5.73 Å². The number of hydrogen-bond acceptors (Lipinski definition) is 2. The molecule has 0 radical (unpaired) electrons. The Bertz CT molecular complexity index is 704. The van der Waals surface area contributed by atoms with E-state index >= 15 is 0 Å². The van der Waals surface area contributed by atoms with Crippen LogP contribution in [-0.2, 0) is 6.54 Å². The molecule has 0 aliphatic rings. The molecule has 0 aliphatic carbocycles. The molecule has 3 nitrogen and oxygen atoms in total. The number of imidazole rings is 1. The van der Waals surface area contributed by atoms with Crippen LogP contribution in [0.15, 0.2) is 71.6 Å². The molecule has 1 unspecified atom stereocenters. The average molecular weight is 342 g/mol.